The summed E-state index contributed by atoms with van der Waals surface area (Å²) in [6.45, 7) is 8.46. The fourth-order valence-electron chi connectivity index (χ4n) is 3.31. The monoisotopic (exact) mass is 421 g/mol. The molecule has 1 aromatic heterocycles. The third-order valence-corrected chi connectivity index (χ3v) is 4.73. The van der Waals surface area contributed by atoms with Gasteiger partial charge in [0.25, 0.3) is 0 Å². The van der Waals surface area contributed by atoms with Gasteiger partial charge in [-0.25, -0.2) is 14.0 Å². The molecule has 0 saturated carbocycles. The summed E-state index contributed by atoms with van der Waals surface area (Å²) in [5.41, 5.74) is -0.489. The van der Waals surface area contributed by atoms with Gasteiger partial charge in [0.1, 0.15) is 17.0 Å². The number of carbonyl (C=O) groups excluding carboxylic acids is 1. The van der Waals surface area contributed by atoms with Gasteiger partial charge in [0.2, 0.25) is 0 Å². The topological polar surface area (TPSA) is 95.3 Å². The highest BCUT2D eigenvalue weighted by molar-refractivity contribution is 5.89. The summed E-state index contributed by atoms with van der Waals surface area (Å²) in [5, 5.41) is 14.0. The van der Waals surface area contributed by atoms with Crippen LogP contribution in [0.4, 0.5) is 14.9 Å². The van der Waals surface area contributed by atoms with E-state index in [4.69, 9.17) is 9.15 Å². The van der Waals surface area contributed by atoms with E-state index in [-0.39, 0.29) is 18.2 Å². The average molecular weight is 421 g/mol. The van der Waals surface area contributed by atoms with Gasteiger partial charge in [-0.2, -0.15) is 0 Å². The molecule has 1 aliphatic rings. The van der Waals surface area contributed by atoms with Crippen LogP contribution in [-0.4, -0.2) is 72.0 Å². The highest BCUT2D eigenvalue weighted by atomic mass is 19.1. The van der Waals surface area contributed by atoms with Crippen LogP contribution in [-0.2, 0) is 4.74 Å². The number of hydrogen-bond donors (Lipinski definition) is 2. The summed E-state index contributed by atoms with van der Waals surface area (Å²) in [6.07, 6.45) is -1.02. The average Bonchev–Trinajstić information content (AvgIpc) is 2.64. The Morgan fingerprint density at radius 3 is 2.63 bits per heavy atom. The minimum atomic E-state index is -0.694. The number of anilines is 1. The number of nitrogens with one attached hydrogen (secondary N) is 1. The fourth-order valence-corrected chi connectivity index (χ4v) is 3.31. The smallest absolute Gasteiger partial charge is 0.410 e. The van der Waals surface area contributed by atoms with E-state index in [0.29, 0.717) is 43.8 Å². The Morgan fingerprint density at radius 2 is 1.97 bits per heavy atom. The summed E-state index contributed by atoms with van der Waals surface area (Å²) < 4.78 is 23.8. The van der Waals surface area contributed by atoms with Gasteiger partial charge < -0.3 is 24.5 Å². The van der Waals surface area contributed by atoms with E-state index in [9.17, 15) is 19.1 Å². The molecule has 9 heteroatoms. The van der Waals surface area contributed by atoms with Crippen LogP contribution < -0.4 is 10.9 Å². The summed E-state index contributed by atoms with van der Waals surface area (Å²) in [5.74, 6) is -0.492. The first-order chi connectivity index (χ1) is 14.1. The molecular weight excluding hydrogens is 393 g/mol. The maximum atomic E-state index is 13.4. The van der Waals surface area contributed by atoms with Crippen molar-refractivity contribution >= 4 is 22.7 Å². The lowest BCUT2D eigenvalue weighted by Gasteiger charge is -2.36. The van der Waals surface area contributed by atoms with Gasteiger partial charge in [0.15, 0.2) is 0 Å². The molecule has 8 nitrogen and oxygen atoms in total. The maximum absolute atomic E-state index is 13.4. The van der Waals surface area contributed by atoms with Gasteiger partial charge in [-0.1, -0.05) is 0 Å². The van der Waals surface area contributed by atoms with Crippen molar-refractivity contribution in [2.24, 2.45) is 0 Å². The van der Waals surface area contributed by atoms with Gasteiger partial charge in [0, 0.05) is 56.8 Å². The number of halogens is 1. The van der Waals surface area contributed by atoms with Crippen molar-refractivity contribution in [3.05, 3.63) is 40.5 Å². The van der Waals surface area contributed by atoms with Gasteiger partial charge in [0.05, 0.1) is 11.8 Å². The van der Waals surface area contributed by atoms with Crippen LogP contribution in [0.3, 0.4) is 0 Å². The molecule has 0 spiro atoms. The minimum absolute atomic E-state index is 0.151. The Balaban J connectivity index is 1.50. The molecule has 30 heavy (non-hydrogen) atoms. The van der Waals surface area contributed by atoms with Crippen LogP contribution in [0.5, 0.6) is 0 Å². The largest absolute Gasteiger partial charge is 0.444 e. The summed E-state index contributed by atoms with van der Waals surface area (Å²) in [7, 11) is 0. The summed E-state index contributed by atoms with van der Waals surface area (Å²) >= 11 is 0. The number of aliphatic hydroxyl groups is 1. The zero-order valence-corrected chi connectivity index (χ0v) is 17.5. The SMILES string of the molecule is CC(C)(C)OC(=O)N1CCN(CC(O)CNc2cc(=O)oc3cc(F)ccc23)CC1. The van der Waals surface area contributed by atoms with E-state index in [1.165, 1.54) is 18.2 Å². The maximum Gasteiger partial charge on any atom is 0.410 e. The molecule has 0 aliphatic carbocycles. The Morgan fingerprint density at radius 1 is 1.27 bits per heavy atom. The van der Waals surface area contributed by atoms with Gasteiger partial charge in [-0.3, -0.25) is 4.90 Å². The van der Waals surface area contributed by atoms with Crippen molar-refractivity contribution in [3.8, 4) is 0 Å². The van der Waals surface area contributed by atoms with Crippen LogP contribution >= 0.6 is 0 Å². The molecule has 2 aromatic rings. The molecule has 1 fully saturated rings. The van der Waals surface area contributed by atoms with Crippen LogP contribution in [0.25, 0.3) is 11.0 Å². The van der Waals surface area contributed by atoms with Crippen LogP contribution in [0.15, 0.2) is 33.5 Å². The molecule has 1 atom stereocenters. The van der Waals surface area contributed by atoms with E-state index in [1.54, 1.807) is 4.90 Å². The van der Waals surface area contributed by atoms with Gasteiger partial charge in [-0.15, -0.1) is 0 Å². The molecule has 1 saturated heterocycles. The van der Waals surface area contributed by atoms with E-state index in [0.717, 1.165) is 6.07 Å². The number of carbonyl (C=O) groups is 1. The first-order valence-electron chi connectivity index (χ1n) is 9.96. The number of benzene rings is 1. The zero-order chi connectivity index (χ0) is 21.9. The predicted octanol–water partition coefficient (Wildman–Crippen LogP) is 2.26. The normalized spacial score (nSPS) is 16.5. The molecule has 164 valence electrons. The minimum Gasteiger partial charge on any atom is -0.444 e. The second kappa shape index (κ2) is 9.01. The molecule has 1 aromatic carbocycles. The molecule has 1 amide bonds. The van der Waals surface area contributed by atoms with Crippen LogP contribution in [0, 0.1) is 5.82 Å². The molecule has 3 rings (SSSR count). The van der Waals surface area contributed by atoms with Crippen molar-refractivity contribution in [1.82, 2.24) is 9.80 Å². The molecule has 2 heterocycles. The second-order valence-electron chi connectivity index (χ2n) is 8.42. The zero-order valence-electron chi connectivity index (χ0n) is 17.5. The van der Waals surface area contributed by atoms with E-state index >= 15 is 0 Å². The number of hydrogen-bond acceptors (Lipinski definition) is 7. The third kappa shape index (κ3) is 5.93. The molecule has 1 aliphatic heterocycles. The summed E-state index contributed by atoms with van der Waals surface area (Å²) in [6, 6.07) is 5.25. The van der Waals surface area contributed by atoms with Crippen molar-refractivity contribution in [1.29, 1.82) is 0 Å². The highest BCUT2D eigenvalue weighted by Gasteiger charge is 2.26. The standard InChI is InChI=1S/C21H28FN3O5/c1-21(2,3)30-20(28)25-8-6-24(7-9-25)13-15(26)12-23-17-11-19(27)29-18-10-14(22)4-5-16(17)18/h4-5,10-11,15,23,26H,6-9,12-13H2,1-3H3. The Labute approximate surface area is 174 Å². The lowest BCUT2D eigenvalue weighted by molar-refractivity contribution is 0.0108. The first kappa shape index (κ1) is 22.0. The first-order valence-corrected chi connectivity index (χ1v) is 9.96. The number of piperazine rings is 1. The Kier molecular flexibility index (Phi) is 6.62. The molecule has 2 N–H and O–H groups in total. The third-order valence-electron chi connectivity index (χ3n) is 4.73. The second-order valence-corrected chi connectivity index (χ2v) is 8.42. The number of fused-ring (bicyclic) bond motifs is 1. The molecule has 0 bridgehead atoms. The van der Waals surface area contributed by atoms with E-state index in [2.05, 4.69) is 10.2 Å². The van der Waals surface area contributed by atoms with Gasteiger partial charge >= 0.3 is 11.7 Å². The Bertz CT molecular complexity index is 948. The van der Waals surface area contributed by atoms with Crippen LogP contribution in [0.1, 0.15) is 20.8 Å². The molecular formula is C21H28FN3O5. The number of rotatable bonds is 5. The van der Waals surface area contributed by atoms with Crippen molar-refractivity contribution in [2.45, 2.75) is 32.5 Å². The van der Waals surface area contributed by atoms with E-state index in [1.807, 2.05) is 20.8 Å². The number of amides is 1. The quantitative estimate of drug-likeness (QED) is 0.715. The van der Waals surface area contributed by atoms with Crippen molar-refractivity contribution in [3.63, 3.8) is 0 Å². The molecule has 1 unspecified atom stereocenters. The van der Waals surface area contributed by atoms with Gasteiger partial charge in [-0.05, 0) is 32.9 Å². The Hall–Kier alpha value is -2.65. The summed E-state index contributed by atoms with van der Waals surface area (Å²) in [4.78, 5) is 27.6. The highest BCUT2D eigenvalue weighted by Crippen LogP contribution is 2.22. The fraction of sp³-hybridized carbons (Fsp3) is 0.524. The van der Waals surface area contributed by atoms with Crippen LogP contribution in [0.2, 0.25) is 0 Å². The number of β-amino-alcohol motifs (C(OH)–C–C–N with tert-alkyl or cyclic N) is 1. The lowest BCUT2D eigenvalue weighted by atomic mass is 10.2. The molecule has 0 radical (unpaired) electrons. The lowest BCUT2D eigenvalue weighted by Crippen LogP contribution is -2.51. The van der Waals surface area contributed by atoms with Crippen molar-refractivity contribution < 1.29 is 23.4 Å². The van der Waals surface area contributed by atoms with E-state index < -0.39 is 23.1 Å². The van der Waals surface area contributed by atoms with Crippen molar-refractivity contribution in [2.75, 3.05) is 44.6 Å². The number of aliphatic hydroxyl groups excluding tert-OH is 1. The number of nitrogens with zero attached hydrogens (tertiary/aromatic N) is 2. The number of ether oxygens (including phenoxy) is 1. The predicted molar refractivity (Wildman–Crippen MR) is 111 cm³/mol.